The number of benzene rings is 2. The van der Waals surface area contributed by atoms with Gasteiger partial charge >= 0.3 is 0 Å². The van der Waals surface area contributed by atoms with E-state index >= 15 is 0 Å². The Morgan fingerprint density at radius 1 is 1.13 bits per heavy atom. The van der Waals surface area contributed by atoms with Crippen molar-refractivity contribution in [2.45, 2.75) is 55.4 Å². The van der Waals surface area contributed by atoms with Gasteiger partial charge in [0.1, 0.15) is 0 Å². The number of nitrogens with one attached hydrogen (secondary N) is 2. The molecule has 0 saturated heterocycles. The van der Waals surface area contributed by atoms with Crippen molar-refractivity contribution < 1.29 is 9.59 Å². The van der Waals surface area contributed by atoms with Crippen molar-refractivity contribution in [2.24, 2.45) is 0 Å². The summed E-state index contributed by atoms with van der Waals surface area (Å²) < 4.78 is 0. The Kier molecular flexibility index (Phi) is 5.06. The first-order valence-corrected chi connectivity index (χ1v) is 11.5. The molecule has 2 aliphatic rings. The molecular weight excluding hydrogens is 408 g/mol. The molecule has 158 valence electrons. The van der Waals surface area contributed by atoms with Gasteiger partial charge in [0.15, 0.2) is 5.69 Å². The number of H-pyrrole nitrogens is 1. The van der Waals surface area contributed by atoms with E-state index in [0.29, 0.717) is 16.9 Å². The molecule has 7 heteroatoms. The minimum atomic E-state index is -0.199. The van der Waals surface area contributed by atoms with E-state index in [0.717, 1.165) is 52.4 Å². The van der Waals surface area contributed by atoms with Gasteiger partial charge in [0, 0.05) is 32.8 Å². The molecule has 0 spiro atoms. The van der Waals surface area contributed by atoms with Crippen LogP contribution in [0, 0.1) is 0 Å². The van der Waals surface area contributed by atoms with Crippen molar-refractivity contribution in [3.05, 3.63) is 65.0 Å². The first kappa shape index (κ1) is 19.9. The van der Waals surface area contributed by atoms with Crippen LogP contribution in [0.4, 0.5) is 11.4 Å². The first-order chi connectivity index (χ1) is 15.0. The van der Waals surface area contributed by atoms with Gasteiger partial charge in [-0.25, -0.2) is 0 Å². The molecule has 1 aliphatic carbocycles. The highest BCUT2D eigenvalue weighted by Crippen LogP contribution is 2.43. The molecule has 2 aromatic carbocycles. The molecule has 6 nitrogen and oxygen atoms in total. The molecule has 2 N–H and O–H groups in total. The third-order valence-electron chi connectivity index (χ3n) is 5.82. The zero-order valence-electron chi connectivity index (χ0n) is 17.6. The van der Waals surface area contributed by atoms with Gasteiger partial charge in [0.05, 0.1) is 11.3 Å². The van der Waals surface area contributed by atoms with Gasteiger partial charge in [-0.05, 0) is 69.9 Å². The van der Waals surface area contributed by atoms with Gasteiger partial charge in [0.2, 0.25) is 0 Å². The summed E-state index contributed by atoms with van der Waals surface area (Å²) in [6.07, 6.45) is 4.05. The highest BCUT2D eigenvalue weighted by atomic mass is 32.2. The molecule has 0 fully saturated rings. The molecule has 0 bridgehead atoms. The molecule has 5 rings (SSSR count). The van der Waals surface area contributed by atoms with E-state index in [9.17, 15) is 9.59 Å². The minimum Gasteiger partial charge on any atom is -0.321 e. The number of carbonyl (C=O) groups excluding carboxylic acids is 2. The Morgan fingerprint density at radius 3 is 2.77 bits per heavy atom. The monoisotopic (exact) mass is 432 g/mol. The van der Waals surface area contributed by atoms with Crippen LogP contribution < -0.4 is 10.2 Å². The number of hydrogen-bond donors (Lipinski definition) is 2. The molecule has 3 aromatic rings. The second kappa shape index (κ2) is 7.89. The van der Waals surface area contributed by atoms with Crippen LogP contribution in [0.5, 0.6) is 0 Å². The van der Waals surface area contributed by atoms with E-state index in [2.05, 4.69) is 15.5 Å². The topological polar surface area (TPSA) is 78.1 Å². The fraction of sp³-hybridized carbons (Fsp3) is 0.292. The maximum absolute atomic E-state index is 13.2. The second-order valence-corrected chi connectivity index (χ2v) is 9.32. The molecule has 0 unspecified atom stereocenters. The van der Waals surface area contributed by atoms with Crippen LogP contribution in [0.25, 0.3) is 0 Å². The number of aromatic nitrogens is 2. The zero-order valence-corrected chi connectivity index (χ0v) is 18.4. The van der Waals surface area contributed by atoms with E-state index < -0.39 is 0 Å². The van der Waals surface area contributed by atoms with Crippen molar-refractivity contribution in [1.29, 1.82) is 0 Å². The maximum Gasteiger partial charge on any atom is 0.276 e. The van der Waals surface area contributed by atoms with Crippen LogP contribution in [-0.4, -0.2) is 28.1 Å². The summed E-state index contributed by atoms with van der Waals surface area (Å²) in [7, 11) is 0. The quantitative estimate of drug-likeness (QED) is 0.606. The fourth-order valence-electron chi connectivity index (χ4n) is 4.33. The summed E-state index contributed by atoms with van der Waals surface area (Å²) in [4.78, 5) is 29.8. The molecule has 0 saturated carbocycles. The Balaban J connectivity index is 1.49. The number of aryl methyl sites for hydroxylation is 1. The summed E-state index contributed by atoms with van der Waals surface area (Å²) in [5, 5.41) is 10.3. The van der Waals surface area contributed by atoms with Crippen molar-refractivity contribution >= 4 is 35.0 Å². The largest absolute Gasteiger partial charge is 0.321 e. The molecule has 0 atom stereocenters. The van der Waals surface area contributed by atoms with Crippen molar-refractivity contribution in [3.8, 4) is 0 Å². The van der Waals surface area contributed by atoms with Gasteiger partial charge in [-0.2, -0.15) is 5.10 Å². The molecule has 31 heavy (non-hydrogen) atoms. The predicted octanol–water partition coefficient (Wildman–Crippen LogP) is 5.06. The van der Waals surface area contributed by atoms with E-state index in [1.165, 1.54) is 0 Å². The molecule has 2 heterocycles. The third-order valence-corrected chi connectivity index (χ3v) is 6.94. The average Bonchev–Trinajstić information content (AvgIpc) is 3.14. The Morgan fingerprint density at radius 2 is 1.94 bits per heavy atom. The van der Waals surface area contributed by atoms with Crippen LogP contribution in [-0.2, 0) is 12.8 Å². The average molecular weight is 433 g/mol. The number of amides is 2. The number of anilines is 2. The van der Waals surface area contributed by atoms with Gasteiger partial charge in [-0.3, -0.25) is 14.7 Å². The lowest BCUT2D eigenvalue weighted by molar-refractivity contribution is 0.0975. The molecular formula is C24H24N4O2S. The number of aromatic amines is 1. The molecule has 1 aromatic heterocycles. The highest BCUT2D eigenvalue weighted by molar-refractivity contribution is 7.99. The molecule has 1 aliphatic heterocycles. The summed E-state index contributed by atoms with van der Waals surface area (Å²) in [6.45, 7) is 4.02. The van der Waals surface area contributed by atoms with Crippen LogP contribution >= 0.6 is 11.8 Å². The second-order valence-electron chi connectivity index (χ2n) is 8.24. The summed E-state index contributed by atoms with van der Waals surface area (Å²) in [5.41, 5.74) is 4.86. The van der Waals surface area contributed by atoms with Gasteiger partial charge in [-0.15, -0.1) is 0 Å². The van der Waals surface area contributed by atoms with Gasteiger partial charge < -0.3 is 10.2 Å². The number of rotatable bonds is 3. The number of fused-ring (bicyclic) bond motifs is 3. The van der Waals surface area contributed by atoms with E-state index in [1.54, 1.807) is 11.8 Å². The predicted molar refractivity (Wildman–Crippen MR) is 122 cm³/mol. The normalized spacial score (nSPS) is 15.2. The van der Waals surface area contributed by atoms with Gasteiger partial charge in [0.25, 0.3) is 11.8 Å². The third kappa shape index (κ3) is 3.53. The minimum absolute atomic E-state index is 0.00298. The number of hydrogen-bond acceptors (Lipinski definition) is 4. The van der Waals surface area contributed by atoms with Crippen LogP contribution in [0.2, 0.25) is 0 Å². The molecule has 0 radical (unpaired) electrons. The fourth-order valence-corrected chi connectivity index (χ4v) is 5.44. The van der Waals surface area contributed by atoms with Crippen molar-refractivity contribution in [1.82, 2.24) is 10.2 Å². The van der Waals surface area contributed by atoms with E-state index in [4.69, 9.17) is 0 Å². The highest BCUT2D eigenvalue weighted by Gasteiger charge is 2.29. The van der Waals surface area contributed by atoms with Crippen LogP contribution in [0.1, 0.15) is 58.8 Å². The smallest absolute Gasteiger partial charge is 0.276 e. The SMILES string of the molecule is CC(C)N1C(=O)c2ccccc2Sc2cc(NC(=O)c3n[nH]c4c3CCCC4)ccc21. The van der Waals surface area contributed by atoms with Gasteiger partial charge in [-0.1, -0.05) is 23.9 Å². The van der Waals surface area contributed by atoms with Crippen LogP contribution in [0.3, 0.4) is 0 Å². The molecule has 2 amide bonds. The Hall–Kier alpha value is -3.06. The van der Waals surface area contributed by atoms with Crippen molar-refractivity contribution in [3.63, 3.8) is 0 Å². The first-order valence-electron chi connectivity index (χ1n) is 10.6. The summed E-state index contributed by atoms with van der Waals surface area (Å²) in [6, 6.07) is 13.4. The number of nitrogens with zero attached hydrogens (tertiary/aromatic N) is 2. The number of carbonyl (C=O) groups is 2. The lowest BCUT2D eigenvalue weighted by atomic mass is 9.96. The summed E-state index contributed by atoms with van der Waals surface area (Å²) in [5.74, 6) is -0.202. The summed E-state index contributed by atoms with van der Waals surface area (Å²) >= 11 is 1.55. The Bertz CT molecular complexity index is 1180. The zero-order chi connectivity index (χ0) is 21.5. The maximum atomic E-state index is 13.2. The Labute approximate surface area is 185 Å². The van der Waals surface area contributed by atoms with E-state index in [1.807, 2.05) is 61.2 Å². The van der Waals surface area contributed by atoms with Crippen LogP contribution in [0.15, 0.2) is 52.3 Å². The van der Waals surface area contributed by atoms with Crippen molar-refractivity contribution in [2.75, 3.05) is 10.2 Å². The standard InChI is InChI=1S/C24H24N4O2S/c1-14(2)28-19-12-11-15(13-21(19)31-20-10-6-4-8-17(20)24(28)30)25-23(29)22-16-7-3-5-9-18(16)26-27-22/h4,6,8,10-14H,3,5,7,9H2,1-2H3,(H,25,29)(H,26,27). The lowest BCUT2D eigenvalue weighted by Gasteiger charge is -2.27. The lowest BCUT2D eigenvalue weighted by Crippen LogP contribution is -2.36. The van der Waals surface area contributed by atoms with E-state index in [-0.39, 0.29) is 17.9 Å².